The molecule has 3 aromatic heterocycles. The van der Waals surface area contributed by atoms with Gasteiger partial charge in [0.2, 0.25) is 5.13 Å². The monoisotopic (exact) mass is 293 g/mol. The molecular formula is C12H11N3S3. The molecule has 0 aliphatic heterocycles. The molecule has 0 bridgehead atoms. The molecule has 3 heterocycles. The highest BCUT2D eigenvalue weighted by Crippen LogP contribution is 2.29. The highest BCUT2D eigenvalue weighted by atomic mass is 32.1. The molecule has 0 fully saturated rings. The highest BCUT2D eigenvalue weighted by Gasteiger charge is 2.04. The molecule has 0 aliphatic rings. The Balaban J connectivity index is 1.67. The predicted molar refractivity (Wildman–Crippen MR) is 79.6 cm³/mol. The molecule has 3 rings (SSSR count). The molecule has 1 N–H and O–H groups in total. The first kappa shape index (κ1) is 11.8. The third-order valence-electron chi connectivity index (χ3n) is 2.40. The van der Waals surface area contributed by atoms with E-state index in [-0.39, 0.29) is 0 Å². The summed E-state index contributed by atoms with van der Waals surface area (Å²) >= 11 is 5.13. The van der Waals surface area contributed by atoms with Crippen LogP contribution in [0.4, 0.5) is 5.13 Å². The van der Waals surface area contributed by atoms with Crippen molar-refractivity contribution < 1.29 is 0 Å². The van der Waals surface area contributed by atoms with Gasteiger partial charge in [-0.05, 0) is 29.8 Å². The van der Waals surface area contributed by atoms with Crippen LogP contribution in [-0.2, 0) is 6.54 Å². The lowest BCUT2D eigenvalue weighted by molar-refractivity contribution is 1.03. The van der Waals surface area contributed by atoms with Gasteiger partial charge in [-0.25, -0.2) is 0 Å². The Morgan fingerprint density at radius 1 is 1.28 bits per heavy atom. The van der Waals surface area contributed by atoms with Gasteiger partial charge in [-0.15, -0.1) is 32.9 Å². The van der Waals surface area contributed by atoms with E-state index in [4.69, 9.17) is 0 Å². The van der Waals surface area contributed by atoms with Crippen molar-refractivity contribution in [1.82, 2.24) is 10.2 Å². The van der Waals surface area contributed by atoms with Crippen molar-refractivity contribution in [3.05, 3.63) is 38.8 Å². The maximum absolute atomic E-state index is 4.05. The van der Waals surface area contributed by atoms with Gasteiger partial charge < -0.3 is 5.32 Å². The van der Waals surface area contributed by atoms with Gasteiger partial charge in [-0.3, -0.25) is 0 Å². The molecule has 0 spiro atoms. The van der Waals surface area contributed by atoms with Crippen molar-refractivity contribution >= 4 is 39.1 Å². The van der Waals surface area contributed by atoms with E-state index in [1.54, 1.807) is 34.0 Å². The Labute approximate surface area is 117 Å². The van der Waals surface area contributed by atoms with Crippen molar-refractivity contribution in [2.45, 2.75) is 13.5 Å². The van der Waals surface area contributed by atoms with Crippen LogP contribution in [0.25, 0.3) is 10.4 Å². The quantitative estimate of drug-likeness (QED) is 0.781. The summed E-state index contributed by atoms with van der Waals surface area (Å²) in [7, 11) is 0. The number of aryl methyl sites for hydroxylation is 1. The second kappa shape index (κ2) is 5.17. The van der Waals surface area contributed by atoms with Crippen molar-refractivity contribution in [2.75, 3.05) is 5.32 Å². The molecule has 0 saturated heterocycles. The van der Waals surface area contributed by atoms with Crippen molar-refractivity contribution in [1.29, 1.82) is 0 Å². The van der Waals surface area contributed by atoms with E-state index in [1.165, 1.54) is 15.3 Å². The van der Waals surface area contributed by atoms with Crippen LogP contribution in [0.2, 0.25) is 0 Å². The summed E-state index contributed by atoms with van der Waals surface area (Å²) in [4.78, 5) is 2.63. The normalized spacial score (nSPS) is 10.7. The summed E-state index contributed by atoms with van der Waals surface area (Å²) in [5.74, 6) is 0. The molecule has 18 heavy (non-hydrogen) atoms. The zero-order valence-corrected chi connectivity index (χ0v) is 12.2. The summed E-state index contributed by atoms with van der Waals surface area (Å²) < 4.78 is 0. The van der Waals surface area contributed by atoms with Crippen molar-refractivity contribution in [3.63, 3.8) is 0 Å². The van der Waals surface area contributed by atoms with Crippen LogP contribution < -0.4 is 5.32 Å². The predicted octanol–water partition coefficient (Wildman–Crippen LogP) is 4.25. The zero-order valence-electron chi connectivity index (χ0n) is 9.71. The molecule has 0 aromatic carbocycles. The molecule has 3 aromatic rings. The van der Waals surface area contributed by atoms with Gasteiger partial charge in [0.05, 0.1) is 6.54 Å². The van der Waals surface area contributed by atoms with E-state index >= 15 is 0 Å². The molecule has 92 valence electrons. The third-order valence-corrected chi connectivity index (χ3v) is 5.05. The Morgan fingerprint density at radius 2 is 2.22 bits per heavy atom. The van der Waals surface area contributed by atoms with Crippen molar-refractivity contribution in [3.8, 4) is 10.4 Å². The van der Waals surface area contributed by atoms with E-state index in [1.807, 2.05) is 6.92 Å². The van der Waals surface area contributed by atoms with Gasteiger partial charge in [0.25, 0.3) is 0 Å². The minimum absolute atomic E-state index is 0.810. The Bertz CT molecular complexity index is 625. The minimum atomic E-state index is 0.810. The fourth-order valence-electron chi connectivity index (χ4n) is 1.58. The van der Waals surface area contributed by atoms with Crippen LogP contribution in [0.15, 0.2) is 29.0 Å². The summed E-state index contributed by atoms with van der Waals surface area (Å²) in [6, 6.07) is 6.47. The molecule has 0 atom stereocenters. The SMILES string of the molecule is Cc1nnc(NCc2cc(-c3cccs3)cs2)s1. The lowest BCUT2D eigenvalue weighted by Crippen LogP contribution is -1.96. The number of anilines is 1. The first-order chi connectivity index (χ1) is 8.81. The second-order valence-electron chi connectivity index (χ2n) is 3.76. The van der Waals surface area contributed by atoms with Gasteiger partial charge in [0, 0.05) is 15.3 Å². The molecule has 6 heteroatoms. The van der Waals surface area contributed by atoms with Gasteiger partial charge in [0.15, 0.2) is 0 Å². The number of aromatic nitrogens is 2. The maximum Gasteiger partial charge on any atom is 0.205 e. The molecule has 0 amide bonds. The topological polar surface area (TPSA) is 37.8 Å². The minimum Gasteiger partial charge on any atom is -0.355 e. The largest absolute Gasteiger partial charge is 0.355 e. The zero-order chi connectivity index (χ0) is 12.4. The molecule has 0 aliphatic carbocycles. The lowest BCUT2D eigenvalue weighted by atomic mass is 10.2. The van der Waals surface area contributed by atoms with Gasteiger partial charge in [-0.2, -0.15) is 0 Å². The number of hydrogen-bond acceptors (Lipinski definition) is 6. The van der Waals surface area contributed by atoms with E-state index in [2.05, 4.69) is 44.5 Å². The fourth-order valence-corrected chi connectivity index (χ4v) is 3.78. The second-order valence-corrected chi connectivity index (χ2v) is 6.88. The lowest BCUT2D eigenvalue weighted by Gasteiger charge is -1.97. The Morgan fingerprint density at radius 3 is 2.94 bits per heavy atom. The van der Waals surface area contributed by atoms with E-state index < -0.39 is 0 Å². The van der Waals surface area contributed by atoms with Crippen LogP contribution in [0.3, 0.4) is 0 Å². The molecule has 0 unspecified atom stereocenters. The van der Waals surface area contributed by atoms with Gasteiger partial charge in [-0.1, -0.05) is 17.4 Å². The molecular weight excluding hydrogens is 282 g/mol. The van der Waals surface area contributed by atoms with E-state index in [0.717, 1.165) is 16.7 Å². The molecule has 3 nitrogen and oxygen atoms in total. The average molecular weight is 293 g/mol. The maximum atomic E-state index is 4.05. The Kier molecular flexibility index (Phi) is 3.40. The molecule has 0 radical (unpaired) electrons. The highest BCUT2D eigenvalue weighted by molar-refractivity contribution is 7.15. The number of thiophene rings is 2. The standard InChI is InChI=1S/C12H11N3S3/c1-8-14-15-12(18-8)13-6-10-5-9(7-17-10)11-3-2-4-16-11/h2-5,7H,6H2,1H3,(H,13,15). The van der Waals surface area contributed by atoms with E-state index in [9.17, 15) is 0 Å². The third kappa shape index (κ3) is 2.60. The van der Waals surface area contributed by atoms with Gasteiger partial charge >= 0.3 is 0 Å². The first-order valence-electron chi connectivity index (χ1n) is 5.46. The van der Waals surface area contributed by atoms with Crippen LogP contribution in [0.1, 0.15) is 9.88 Å². The summed E-state index contributed by atoms with van der Waals surface area (Å²) in [5, 5.41) is 17.5. The van der Waals surface area contributed by atoms with Crippen LogP contribution >= 0.6 is 34.0 Å². The van der Waals surface area contributed by atoms with Gasteiger partial charge in [0.1, 0.15) is 5.01 Å². The number of rotatable bonds is 4. The Hall–Kier alpha value is -1.24. The molecule has 0 saturated carbocycles. The van der Waals surface area contributed by atoms with E-state index in [0.29, 0.717) is 0 Å². The number of nitrogens with zero attached hydrogens (tertiary/aromatic N) is 2. The van der Waals surface area contributed by atoms with Crippen LogP contribution in [0.5, 0.6) is 0 Å². The summed E-state index contributed by atoms with van der Waals surface area (Å²) in [6.45, 7) is 2.77. The average Bonchev–Trinajstić information content (AvgIpc) is 3.07. The smallest absolute Gasteiger partial charge is 0.205 e. The van der Waals surface area contributed by atoms with Crippen LogP contribution in [0, 0.1) is 6.92 Å². The number of nitrogens with one attached hydrogen (secondary N) is 1. The first-order valence-corrected chi connectivity index (χ1v) is 8.04. The van der Waals surface area contributed by atoms with Crippen molar-refractivity contribution in [2.24, 2.45) is 0 Å². The summed E-state index contributed by atoms with van der Waals surface area (Å²) in [5.41, 5.74) is 1.31. The number of hydrogen-bond donors (Lipinski definition) is 1. The summed E-state index contributed by atoms with van der Waals surface area (Å²) in [6.07, 6.45) is 0. The fraction of sp³-hybridized carbons (Fsp3) is 0.167. The van der Waals surface area contributed by atoms with Crippen LogP contribution in [-0.4, -0.2) is 10.2 Å².